The van der Waals surface area contributed by atoms with Crippen LogP contribution < -0.4 is 20.9 Å². The Morgan fingerprint density at radius 1 is 1.16 bits per heavy atom. The monoisotopic (exact) mass is 441 g/mol. The van der Waals surface area contributed by atoms with Crippen LogP contribution in [0.15, 0.2) is 42.5 Å². The number of carbonyl (C=O) groups excluding carboxylic acids is 3. The van der Waals surface area contributed by atoms with Crippen LogP contribution in [-0.2, 0) is 9.59 Å². The van der Waals surface area contributed by atoms with Crippen LogP contribution in [-0.4, -0.2) is 67.6 Å². The van der Waals surface area contributed by atoms with Gasteiger partial charge in [-0.3, -0.25) is 14.5 Å². The number of carbonyl (C=O) groups is 3. The summed E-state index contributed by atoms with van der Waals surface area (Å²) in [6.45, 7) is 8.05. The zero-order chi connectivity index (χ0) is 23.4. The number of likely N-dealkylation sites (tertiary alicyclic amines) is 1. The number of likely N-dealkylation sites (N-methyl/N-ethyl adjacent to an activating group) is 1. The van der Waals surface area contributed by atoms with Crippen LogP contribution in [0.5, 0.6) is 0 Å². The standard InChI is InChI=1S/C24H35N5O3/c1-15(2)20(27-22(30)16(3)25-4)23(31)29-14-13-17-11-12-19(21(17)29)26-24(32)28(5)18-9-7-6-8-10-18/h6-10,16-17,19-21,25H,1,11-14H2,2-5H3,(H,26,32)(H,27,30)/t16-,17+,19-,20-,21-/m0/s1. The topological polar surface area (TPSA) is 93.8 Å². The lowest BCUT2D eigenvalue weighted by Gasteiger charge is -2.34. The minimum atomic E-state index is -0.777. The highest BCUT2D eigenvalue weighted by atomic mass is 16.2. The third-order valence-electron chi connectivity index (χ3n) is 6.74. The van der Waals surface area contributed by atoms with E-state index in [9.17, 15) is 14.4 Å². The van der Waals surface area contributed by atoms with Gasteiger partial charge < -0.3 is 20.9 Å². The summed E-state index contributed by atoms with van der Waals surface area (Å²) in [4.78, 5) is 42.2. The zero-order valence-electron chi connectivity index (χ0n) is 19.4. The number of anilines is 1. The summed E-state index contributed by atoms with van der Waals surface area (Å²) in [6, 6.07) is 7.89. The Hall–Kier alpha value is -2.87. The van der Waals surface area contributed by atoms with E-state index in [-0.39, 0.29) is 29.9 Å². The summed E-state index contributed by atoms with van der Waals surface area (Å²) in [7, 11) is 3.44. The van der Waals surface area contributed by atoms with Crippen LogP contribution in [0.1, 0.15) is 33.1 Å². The number of amides is 4. The van der Waals surface area contributed by atoms with E-state index < -0.39 is 12.1 Å². The lowest BCUT2D eigenvalue weighted by atomic mass is 10.0. The molecule has 1 saturated carbocycles. The molecule has 174 valence electrons. The van der Waals surface area contributed by atoms with Crippen molar-refractivity contribution < 1.29 is 14.4 Å². The molecule has 1 heterocycles. The maximum absolute atomic E-state index is 13.5. The molecule has 1 aromatic rings. The summed E-state index contributed by atoms with van der Waals surface area (Å²) in [5.74, 6) is -0.0476. The molecule has 2 fully saturated rings. The molecule has 0 spiro atoms. The molecule has 1 saturated heterocycles. The maximum Gasteiger partial charge on any atom is 0.321 e. The first-order valence-electron chi connectivity index (χ1n) is 11.3. The molecule has 5 atom stereocenters. The van der Waals surface area contributed by atoms with E-state index in [1.165, 1.54) is 0 Å². The van der Waals surface area contributed by atoms with Gasteiger partial charge in [0.15, 0.2) is 0 Å². The number of rotatable bonds is 7. The molecule has 0 aromatic heterocycles. The van der Waals surface area contributed by atoms with Crippen molar-refractivity contribution in [1.82, 2.24) is 20.9 Å². The molecule has 3 rings (SSSR count). The second kappa shape index (κ2) is 10.2. The highest BCUT2D eigenvalue weighted by Crippen LogP contribution is 2.38. The number of benzene rings is 1. The molecular weight excluding hydrogens is 406 g/mol. The number of urea groups is 1. The van der Waals surface area contributed by atoms with Crippen molar-refractivity contribution in [3.8, 4) is 0 Å². The average molecular weight is 442 g/mol. The number of hydrogen-bond acceptors (Lipinski definition) is 4. The van der Waals surface area contributed by atoms with Gasteiger partial charge >= 0.3 is 6.03 Å². The summed E-state index contributed by atoms with van der Waals surface area (Å²) in [5.41, 5.74) is 1.40. The fourth-order valence-corrected chi connectivity index (χ4v) is 4.70. The summed E-state index contributed by atoms with van der Waals surface area (Å²) >= 11 is 0. The van der Waals surface area contributed by atoms with Crippen molar-refractivity contribution in [3.05, 3.63) is 42.5 Å². The van der Waals surface area contributed by atoms with Crippen LogP contribution in [0.25, 0.3) is 0 Å². The van der Waals surface area contributed by atoms with E-state index in [0.29, 0.717) is 18.0 Å². The molecule has 3 N–H and O–H groups in total. The highest BCUT2D eigenvalue weighted by molar-refractivity contribution is 5.93. The zero-order valence-corrected chi connectivity index (χ0v) is 19.4. The fraction of sp³-hybridized carbons (Fsp3) is 0.542. The SMILES string of the molecule is C=C(C)[C@H](NC(=O)[C@H](C)NC)C(=O)N1CC[C@H]2CC[C@H](NC(=O)N(C)c3ccccc3)[C@H]21. The second-order valence-electron chi connectivity index (χ2n) is 8.90. The lowest BCUT2D eigenvalue weighted by Crippen LogP contribution is -2.57. The molecule has 8 heteroatoms. The minimum Gasteiger partial charge on any atom is -0.339 e. The first-order chi connectivity index (χ1) is 15.2. The predicted molar refractivity (Wildman–Crippen MR) is 125 cm³/mol. The van der Waals surface area contributed by atoms with Gasteiger partial charge in [0.1, 0.15) is 6.04 Å². The molecule has 0 radical (unpaired) electrons. The molecule has 1 aliphatic heterocycles. The van der Waals surface area contributed by atoms with E-state index in [1.54, 1.807) is 32.8 Å². The summed E-state index contributed by atoms with van der Waals surface area (Å²) in [6.07, 6.45) is 2.70. The van der Waals surface area contributed by atoms with Gasteiger partial charge in [-0.25, -0.2) is 4.79 Å². The van der Waals surface area contributed by atoms with E-state index in [1.807, 2.05) is 35.2 Å². The van der Waals surface area contributed by atoms with Gasteiger partial charge in [0.2, 0.25) is 11.8 Å². The number of nitrogens with one attached hydrogen (secondary N) is 3. The Morgan fingerprint density at radius 2 is 1.84 bits per heavy atom. The number of nitrogens with zero attached hydrogens (tertiary/aromatic N) is 2. The number of para-hydroxylation sites is 1. The van der Waals surface area contributed by atoms with Crippen molar-refractivity contribution in [2.75, 3.05) is 25.5 Å². The maximum atomic E-state index is 13.5. The second-order valence-corrected chi connectivity index (χ2v) is 8.90. The third-order valence-corrected chi connectivity index (χ3v) is 6.74. The Balaban J connectivity index is 1.71. The number of fused-ring (bicyclic) bond motifs is 1. The van der Waals surface area contributed by atoms with E-state index >= 15 is 0 Å². The van der Waals surface area contributed by atoms with Crippen LogP contribution >= 0.6 is 0 Å². The van der Waals surface area contributed by atoms with Gasteiger partial charge in [0.05, 0.1) is 18.1 Å². The Labute approximate surface area is 190 Å². The normalized spacial score (nSPS) is 23.8. The van der Waals surface area contributed by atoms with Crippen molar-refractivity contribution in [2.45, 2.75) is 57.3 Å². The van der Waals surface area contributed by atoms with Crippen LogP contribution in [0.4, 0.5) is 10.5 Å². The van der Waals surface area contributed by atoms with E-state index in [4.69, 9.17) is 0 Å². The van der Waals surface area contributed by atoms with Gasteiger partial charge in [-0.1, -0.05) is 24.8 Å². The predicted octanol–water partition coefficient (Wildman–Crippen LogP) is 1.88. The highest BCUT2D eigenvalue weighted by Gasteiger charge is 2.48. The van der Waals surface area contributed by atoms with Gasteiger partial charge in [-0.05, 0) is 63.8 Å². The molecule has 1 aromatic carbocycles. The van der Waals surface area contributed by atoms with E-state index in [0.717, 1.165) is 24.9 Å². The van der Waals surface area contributed by atoms with Gasteiger partial charge in [-0.15, -0.1) is 0 Å². The van der Waals surface area contributed by atoms with Crippen LogP contribution in [0.3, 0.4) is 0 Å². The smallest absolute Gasteiger partial charge is 0.321 e. The van der Waals surface area contributed by atoms with Gasteiger partial charge in [0.25, 0.3) is 0 Å². The first kappa shape index (κ1) is 23.8. The van der Waals surface area contributed by atoms with Crippen LogP contribution in [0, 0.1) is 5.92 Å². The Kier molecular flexibility index (Phi) is 7.56. The van der Waals surface area contributed by atoms with Gasteiger partial charge in [-0.2, -0.15) is 0 Å². The van der Waals surface area contributed by atoms with Crippen molar-refractivity contribution in [3.63, 3.8) is 0 Å². The van der Waals surface area contributed by atoms with Gasteiger partial charge in [0, 0.05) is 19.3 Å². The Bertz CT molecular complexity index is 858. The first-order valence-corrected chi connectivity index (χ1v) is 11.3. The van der Waals surface area contributed by atoms with Crippen molar-refractivity contribution in [1.29, 1.82) is 0 Å². The van der Waals surface area contributed by atoms with Crippen LogP contribution in [0.2, 0.25) is 0 Å². The lowest BCUT2D eigenvalue weighted by molar-refractivity contribution is -0.136. The van der Waals surface area contributed by atoms with Crippen molar-refractivity contribution >= 4 is 23.5 Å². The summed E-state index contributed by atoms with van der Waals surface area (Å²) < 4.78 is 0. The largest absolute Gasteiger partial charge is 0.339 e. The molecule has 8 nitrogen and oxygen atoms in total. The molecule has 0 bridgehead atoms. The molecule has 2 aliphatic rings. The quantitative estimate of drug-likeness (QED) is 0.563. The third kappa shape index (κ3) is 4.96. The van der Waals surface area contributed by atoms with E-state index in [2.05, 4.69) is 22.5 Å². The molecule has 4 amide bonds. The minimum absolute atomic E-state index is 0.0731. The number of hydrogen-bond donors (Lipinski definition) is 3. The molecule has 1 aliphatic carbocycles. The van der Waals surface area contributed by atoms with Crippen molar-refractivity contribution in [2.24, 2.45) is 5.92 Å². The summed E-state index contributed by atoms with van der Waals surface area (Å²) in [5, 5.41) is 8.86. The Morgan fingerprint density at radius 3 is 2.47 bits per heavy atom. The average Bonchev–Trinajstić information content (AvgIpc) is 3.39. The molecule has 0 unspecified atom stereocenters. The molecule has 32 heavy (non-hydrogen) atoms. The molecular formula is C24H35N5O3. The fourth-order valence-electron chi connectivity index (χ4n) is 4.70.